The highest BCUT2D eigenvalue weighted by molar-refractivity contribution is 5.98. The highest BCUT2D eigenvalue weighted by Gasteiger charge is 2.46. The average molecular weight is 437 g/mol. The Morgan fingerprint density at radius 2 is 1.75 bits per heavy atom. The average Bonchev–Trinajstić information content (AvgIpc) is 3.59. The molecule has 2 aromatic carbocycles. The van der Waals surface area contributed by atoms with Crippen molar-refractivity contribution in [2.45, 2.75) is 56.0 Å². The van der Waals surface area contributed by atoms with E-state index in [2.05, 4.69) is 10.3 Å². The van der Waals surface area contributed by atoms with Crippen molar-refractivity contribution in [1.82, 2.24) is 4.98 Å². The number of carbonyl (C=O) groups is 1. The standard InChI is InChI=1S/C25H25F2N3O2/c26-20-10-15(11-21(27)24(20)32)14-1-6-22-18(9-14)23(30-17-4-2-16(28)3-5-17)19(12-29-22)25(13-31)7-8-25/h1,6,9-13,16-17,32H,2-5,7-8,28H2,(H,29,30)/t16-,17+. The van der Waals surface area contributed by atoms with Crippen LogP contribution in [0.3, 0.4) is 0 Å². The van der Waals surface area contributed by atoms with Gasteiger partial charge in [0.1, 0.15) is 6.29 Å². The Hall–Kier alpha value is -3.06. The molecule has 2 aliphatic rings. The van der Waals surface area contributed by atoms with Gasteiger partial charge in [-0.05, 0) is 73.9 Å². The molecule has 0 unspecified atom stereocenters. The van der Waals surface area contributed by atoms with Crippen LogP contribution < -0.4 is 11.1 Å². The number of fused-ring (bicyclic) bond motifs is 1. The van der Waals surface area contributed by atoms with Gasteiger partial charge in [-0.1, -0.05) is 6.07 Å². The second-order valence-electron chi connectivity index (χ2n) is 9.10. The fraction of sp³-hybridized carbons (Fsp3) is 0.360. The Labute approximate surface area is 184 Å². The number of pyridine rings is 1. The van der Waals surface area contributed by atoms with E-state index in [4.69, 9.17) is 5.73 Å². The van der Waals surface area contributed by atoms with Crippen molar-refractivity contribution in [3.63, 3.8) is 0 Å². The summed E-state index contributed by atoms with van der Waals surface area (Å²) in [6.07, 6.45) is 8.09. The first-order chi connectivity index (χ1) is 15.4. The molecule has 5 nitrogen and oxygen atoms in total. The minimum absolute atomic E-state index is 0.220. The minimum atomic E-state index is -1.01. The van der Waals surface area contributed by atoms with Crippen LogP contribution in [-0.4, -0.2) is 28.5 Å². The van der Waals surface area contributed by atoms with E-state index in [9.17, 15) is 18.7 Å². The fourth-order valence-corrected chi connectivity index (χ4v) is 4.69. The van der Waals surface area contributed by atoms with E-state index in [1.54, 1.807) is 18.3 Å². The van der Waals surface area contributed by atoms with Crippen LogP contribution in [0.4, 0.5) is 14.5 Å². The van der Waals surface area contributed by atoms with Crippen LogP contribution in [0.1, 0.15) is 44.1 Å². The van der Waals surface area contributed by atoms with Gasteiger partial charge in [0.25, 0.3) is 0 Å². The number of aromatic nitrogens is 1. The maximum absolute atomic E-state index is 14.0. The van der Waals surface area contributed by atoms with E-state index in [-0.39, 0.29) is 12.1 Å². The van der Waals surface area contributed by atoms with Gasteiger partial charge in [0.05, 0.1) is 10.9 Å². The van der Waals surface area contributed by atoms with E-state index in [0.29, 0.717) is 11.1 Å². The lowest BCUT2D eigenvalue weighted by Gasteiger charge is -2.29. The minimum Gasteiger partial charge on any atom is -0.503 e. The molecule has 0 radical (unpaired) electrons. The number of phenolic OH excluding ortho intramolecular Hbond substituents is 1. The zero-order valence-corrected chi connectivity index (χ0v) is 17.6. The molecule has 32 heavy (non-hydrogen) atoms. The molecule has 5 rings (SSSR count). The Morgan fingerprint density at radius 1 is 1.06 bits per heavy atom. The van der Waals surface area contributed by atoms with Gasteiger partial charge >= 0.3 is 0 Å². The van der Waals surface area contributed by atoms with E-state index < -0.39 is 22.8 Å². The van der Waals surface area contributed by atoms with Crippen molar-refractivity contribution in [3.8, 4) is 16.9 Å². The molecule has 0 spiro atoms. The lowest BCUT2D eigenvalue weighted by Crippen LogP contribution is -2.33. The normalized spacial score (nSPS) is 22.0. The first-order valence-corrected chi connectivity index (χ1v) is 11.0. The Kier molecular flexibility index (Phi) is 5.08. The maximum Gasteiger partial charge on any atom is 0.187 e. The molecule has 0 amide bonds. The molecule has 3 aromatic rings. The Balaban J connectivity index is 1.64. The van der Waals surface area contributed by atoms with Gasteiger partial charge in [-0.3, -0.25) is 4.98 Å². The molecule has 1 heterocycles. The first-order valence-electron chi connectivity index (χ1n) is 11.0. The fourth-order valence-electron chi connectivity index (χ4n) is 4.69. The summed E-state index contributed by atoms with van der Waals surface area (Å²) in [5, 5.41) is 13.9. The quantitative estimate of drug-likeness (QED) is 0.499. The first kappa shape index (κ1) is 20.8. The summed E-state index contributed by atoms with van der Waals surface area (Å²) in [5.74, 6) is -3.01. The smallest absolute Gasteiger partial charge is 0.187 e. The van der Waals surface area contributed by atoms with Crippen molar-refractivity contribution >= 4 is 22.9 Å². The van der Waals surface area contributed by atoms with Crippen molar-refractivity contribution in [1.29, 1.82) is 0 Å². The van der Waals surface area contributed by atoms with Crippen molar-refractivity contribution in [2.24, 2.45) is 5.73 Å². The largest absolute Gasteiger partial charge is 0.503 e. The van der Waals surface area contributed by atoms with Crippen LogP contribution in [0.2, 0.25) is 0 Å². The monoisotopic (exact) mass is 437 g/mol. The third-order valence-corrected chi connectivity index (χ3v) is 6.89. The highest BCUT2D eigenvalue weighted by atomic mass is 19.1. The van der Waals surface area contributed by atoms with Crippen LogP contribution in [-0.2, 0) is 10.2 Å². The number of hydrogen-bond donors (Lipinski definition) is 3. The summed E-state index contributed by atoms with van der Waals surface area (Å²) in [4.78, 5) is 16.5. The molecule has 0 aliphatic heterocycles. The number of nitrogens with one attached hydrogen (secondary N) is 1. The lowest BCUT2D eigenvalue weighted by atomic mass is 9.89. The third-order valence-electron chi connectivity index (χ3n) is 6.89. The van der Waals surface area contributed by atoms with E-state index in [1.807, 2.05) is 6.07 Å². The second kappa shape index (κ2) is 7.81. The molecule has 2 saturated carbocycles. The van der Waals surface area contributed by atoms with Gasteiger partial charge in [-0.25, -0.2) is 8.78 Å². The van der Waals surface area contributed by atoms with Crippen LogP contribution in [0.25, 0.3) is 22.0 Å². The highest BCUT2D eigenvalue weighted by Crippen LogP contribution is 2.50. The number of nitrogens with two attached hydrogens (primary N) is 1. The number of halogens is 2. The van der Waals surface area contributed by atoms with Gasteiger partial charge in [0.2, 0.25) is 0 Å². The van der Waals surface area contributed by atoms with Crippen LogP contribution >= 0.6 is 0 Å². The van der Waals surface area contributed by atoms with Gasteiger partial charge in [-0.2, -0.15) is 0 Å². The molecule has 4 N–H and O–H groups in total. The van der Waals surface area contributed by atoms with Gasteiger partial charge in [-0.15, -0.1) is 0 Å². The van der Waals surface area contributed by atoms with E-state index >= 15 is 0 Å². The number of aldehydes is 1. The lowest BCUT2D eigenvalue weighted by molar-refractivity contribution is -0.109. The summed E-state index contributed by atoms with van der Waals surface area (Å²) in [5.41, 5.74) is 8.92. The number of phenols is 1. The second-order valence-corrected chi connectivity index (χ2v) is 9.10. The van der Waals surface area contributed by atoms with Crippen LogP contribution in [0.5, 0.6) is 5.75 Å². The van der Waals surface area contributed by atoms with Crippen molar-refractivity contribution in [2.75, 3.05) is 5.32 Å². The third kappa shape index (κ3) is 3.60. The summed E-state index contributed by atoms with van der Waals surface area (Å²) in [6, 6.07) is 8.07. The van der Waals surface area contributed by atoms with Crippen LogP contribution in [0, 0.1) is 11.6 Å². The molecule has 166 valence electrons. The number of carbonyl (C=O) groups excluding carboxylic acids is 1. The SMILES string of the molecule is N[C@H]1CC[C@@H](Nc2c(C3(C=O)CC3)cnc3ccc(-c4cc(F)c(O)c(F)c4)cc23)CC1. The van der Waals surface area contributed by atoms with Gasteiger partial charge < -0.3 is 21.0 Å². The molecule has 2 fully saturated rings. The zero-order valence-electron chi connectivity index (χ0n) is 17.6. The number of aromatic hydroxyl groups is 1. The molecule has 0 atom stereocenters. The number of benzene rings is 2. The van der Waals surface area contributed by atoms with E-state index in [0.717, 1.165) is 79.1 Å². The number of nitrogens with zero attached hydrogens (tertiary/aromatic N) is 1. The van der Waals surface area contributed by atoms with Crippen LogP contribution in [0.15, 0.2) is 36.5 Å². The van der Waals surface area contributed by atoms with E-state index in [1.165, 1.54) is 0 Å². The predicted octanol–water partition coefficient (Wildman–Crippen LogP) is 4.80. The molecule has 1 aromatic heterocycles. The maximum atomic E-state index is 14.0. The summed E-state index contributed by atoms with van der Waals surface area (Å²) in [6.45, 7) is 0. The molecule has 0 bridgehead atoms. The van der Waals surface area contributed by atoms with Crippen molar-refractivity contribution in [3.05, 3.63) is 53.7 Å². The van der Waals surface area contributed by atoms with Gasteiger partial charge in [0, 0.05) is 34.9 Å². The zero-order chi connectivity index (χ0) is 22.5. The summed E-state index contributed by atoms with van der Waals surface area (Å²) < 4.78 is 27.9. The molecule has 2 aliphatic carbocycles. The number of hydrogen-bond acceptors (Lipinski definition) is 5. The summed E-state index contributed by atoms with van der Waals surface area (Å²) in [7, 11) is 0. The molecule has 7 heteroatoms. The molecular weight excluding hydrogens is 412 g/mol. The topological polar surface area (TPSA) is 88.2 Å². The number of anilines is 1. The molecular formula is C25H25F2N3O2. The predicted molar refractivity (Wildman–Crippen MR) is 120 cm³/mol. The number of rotatable bonds is 5. The Morgan fingerprint density at radius 3 is 2.38 bits per heavy atom. The Bertz CT molecular complexity index is 1180. The van der Waals surface area contributed by atoms with Crippen molar-refractivity contribution < 1.29 is 18.7 Å². The van der Waals surface area contributed by atoms with Gasteiger partial charge in [0.15, 0.2) is 17.4 Å². The summed E-state index contributed by atoms with van der Waals surface area (Å²) >= 11 is 0. The molecule has 0 saturated heterocycles.